The van der Waals surface area contributed by atoms with E-state index in [1.165, 1.54) is 13.3 Å². The predicted molar refractivity (Wildman–Crippen MR) is 89.5 cm³/mol. The van der Waals surface area contributed by atoms with Crippen LogP contribution < -0.4 is 9.42 Å². The Morgan fingerprint density at radius 2 is 1.67 bits per heavy atom. The lowest BCUT2D eigenvalue weighted by Crippen LogP contribution is -2.32. The fourth-order valence-corrected chi connectivity index (χ4v) is 3.82. The van der Waals surface area contributed by atoms with Crippen LogP contribution in [-0.4, -0.2) is 25.1 Å². The van der Waals surface area contributed by atoms with Gasteiger partial charge in [-0.1, -0.05) is 11.6 Å². The second-order valence-electron chi connectivity index (χ2n) is 6.19. The van der Waals surface area contributed by atoms with Crippen molar-refractivity contribution in [2.75, 3.05) is 18.2 Å². The van der Waals surface area contributed by atoms with E-state index in [-0.39, 0.29) is 16.5 Å². The minimum Gasteiger partial charge on any atom is -0.442 e. The van der Waals surface area contributed by atoms with Gasteiger partial charge in [0.15, 0.2) is 0 Å². The molecule has 0 radical (unpaired) electrons. The number of hydrogen-bond acceptors (Lipinski definition) is 4. The molecule has 1 aromatic carbocycles. The third-order valence-corrected chi connectivity index (χ3v) is 4.88. The van der Waals surface area contributed by atoms with Crippen LogP contribution in [0.4, 0.5) is 10.1 Å². The van der Waals surface area contributed by atoms with Crippen LogP contribution in [-0.2, 0) is 14.2 Å². The minimum atomic E-state index is -2.94. The molecule has 5 nitrogen and oxygen atoms in total. The van der Waals surface area contributed by atoms with E-state index in [2.05, 4.69) is 0 Å². The summed E-state index contributed by atoms with van der Waals surface area (Å²) >= 11 is 5.92. The van der Waals surface area contributed by atoms with E-state index in [0.29, 0.717) is 24.0 Å². The smallest absolute Gasteiger partial charge is 0.261 e. The largest absolute Gasteiger partial charge is 0.442 e. The number of rotatable bonds is 3. The maximum absolute atomic E-state index is 14.4. The van der Waals surface area contributed by atoms with Crippen LogP contribution in [0.1, 0.15) is 25.7 Å². The zero-order valence-corrected chi connectivity index (χ0v) is 14.9. The summed E-state index contributed by atoms with van der Waals surface area (Å²) in [6.45, 7) is 2.78. The molecule has 0 saturated heterocycles. The van der Waals surface area contributed by atoms with E-state index < -0.39 is 25.0 Å². The molecule has 0 fully saturated rings. The number of amides is 2. The van der Waals surface area contributed by atoms with Gasteiger partial charge in [0.1, 0.15) is 11.6 Å². The molecule has 128 valence electrons. The monoisotopic (exact) mass is 371 g/mol. The molecule has 0 spiro atoms. The van der Waals surface area contributed by atoms with Gasteiger partial charge in [-0.2, -0.15) is 0 Å². The summed E-state index contributed by atoms with van der Waals surface area (Å²) in [4.78, 5) is 25.9. The highest BCUT2D eigenvalue weighted by Crippen LogP contribution is 2.45. The Morgan fingerprint density at radius 1 is 1.12 bits per heavy atom. The van der Waals surface area contributed by atoms with Gasteiger partial charge in [-0.25, -0.2) is 9.29 Å². The number of hydrogen-bond donors (Lipinski definition) is 0. The fraction of sp³-hybridized carbons (Fsp3) is 0.375. The van der Waals surface area contributed by atoms with Crippen LogP contribution in [0.3, 0.4) is 0 Å². The highest BCUT2D eigenvalue weighted by atomic mass is 35.5. The molecule has 0 unspecified atom stereocenters. The van der Waals surface area contributed by atoms with Gasteiger partial charge in [-0.3, -0.25) is 14.2 Å². The minimum absolute atomic E-state index is 0.0214. The van der Waals surface area contributed by atoms with Crippen molar-refractivity contribution in [3.05, 3.63) is 34.1 Å². The molecule has 3 rings (SSSR count). The topological polar surface area (TPSA) is 63.7 Å². The first-order valence-corrected chi connectivity index (χ1v) is 10.4. The van der Waals surface area contributed by atoms with Gasteiger partial charge in [-0.05, 0) is 31.7 Å². The third-order valence-electron chi connectivity index (χ3n) is 3.95. The molecule has 2 amide bonds. The average Bonchev–Trinajstić information content (AvgIpc) is 2.74. The second kappa shape index (κ2) is 6.01. The van der Waals surface area contributed by atoms with Crippen molar-refractivity contribution in [3.8, 4) is 5.75 Å². The maximum Gasteiger partial charge on any atom is 0.261 e. The average molecular weight is 372 g/mol. The van der Waals surface area contributed by atoms with Crippen LogP contribution in [0.25, 0.3) is 0 Å². The molecular weight excluding hydrogens is 356 g/mol. The molecule has 0 N–H and O–H groups in total. The molecule has 0 atom stereocenters. The van der Waals surface area contributed by atoms with Crippen molar-refractivity contribution in [1.82, 2.24) is 0 Å². The second-order valence-corrected chi connectivity index (χ2v) is 9.28. The van der Waals surface area contributed by atoms with Crippen molar-refractivity contribution >= 4 is 36.5 Å². The summed E-state index contributed by atoms with van der Waals surface area (Å²) in [5, 5.41) is -0.0722. The first-order valence-electron chi connectivity index (χ1n) is 7.53. The SMILES string of the molecule is CP(C)(=O)Oc1cc(N2C(=O)C3=C(CCCC3)C2=O)c(F)cc1Cl. The molecule has 1 aliphatic carbocycles. The maximum atomic E-state index is 14.4. The van der Waals surface area contributed by atoms with Crippen LogP contribution in [0.5, 0.6) is 5.75 Å². The molecule has 1 aliphatic heterocycles. The highest BCUT2D eigenvalue weighted by molar-refractivity contribution is 7.57. The number of anilines is 1. The van der Waals surface area contributed by atoms with Crippen LogP contribution in [0.2, 0.25) is 5.02 Å². The van der Waals surface area contributed by atoms with Crippen molar-refractivity contribution < 1.29 is 23.1 Å². The van der Waals surface area contributed by atoms with Gasteiger partial charge in [0.25, 0.3) is 11.8 Å². The number of benzene rings is 1. The van der Waals surface area contributed by atoms with Crippen LogP contribution in [0.15, 0.2) is 23.3 Å². The Bertz CT molecular complexity index is 802. The Labute approximate surface area is 143 Å². The zero-order chi connectivity index (χ0) is 17.6. The Kier molecular flexibility index (Phi) is 4.30. The molecule has 0 saturated carbocycles. The summed E-state index contributed by atoms with van der Waals surface area (Å²) in [6.07, 6.45) is 2.71. The summed E-state index contributed by atoms with van der Waals surface area (Å²) in [5.41, 5.74) is 0.687. The van der Waals surface area contributed by atoms with Gasteiger partial charge in [-0.15, -0.1) is 0 Å². The first kappa shape index (κ1) is 17.2. The summed E-state index contributed by atoms with van der Waals surface area (Å²) in [5.74, 6) is -1.83. The van der Waals surface area contributed by atoms with E-state index in [0.717, 1.165) is 29.9 Å². The Balaban J connectivity index is 2.04. The summed E-state index contributed by atoms with van der Waals surface area (Å²) in [7, 11) is -2.94. The molecular formula is C16H16ClFNO4P. The molecule has 1 aromatic rings. The van der Waals surface area contributed by atoms with E-state index >= 15 is 0 Å². The van der Waals surface area contributed by atoms with E-state index in [4.69, 9.17) is 16.1 Å². The Morgan fingerprint density at radius 3 is 2.17 bits per heavy atom. The van der Waals surface area contributed by atoms with Crippen molar-refractivity contribution in [2.45, 2.75) is 25.7 Å². The lowest BCUT2D eigenvalue weighted by atomic mass is 9.93. The lowest BCUT2D eigenvalue weighted by Gasteiger charge is -2.19. The van der Waals surface area contributed by atoms with Gasteiger partial charge < -0.3 is 4.52 Å². The van der Waals surface area contributed by atoms with Crippen molar-refractivity contribution in [3.63, 3.8) is 0 Å². The number of carbonyl (C=O) groups is 2. The molecule has 2 aliphatic rings. The molecule has 0 bridgehead atoms. The van der Waals surface area contributed by atoms with Crippen LogP contribution >= 0.6 is 19.0 Å². The van der Waals surface area contributed by atoms with E-state index in [1.807, 2.05) is 0 Å². The fourth-order valence-electron chi connectivity index (χ4n) is 2.95. The first-order chi connectivity index (χ1) is 11.2. The normalized spacial score (nSPS) is 18.2. The van der Waals surface area contributed by atoms with Gasteiger partial charge >= 0.3 is 0 Å². The Hall–Kier alpha value is -1.65. The third kappa shape index (κ3) is 3.01. The summed E-state index contributed by atoms with van der Waals surface area (Å²) < 4.78 is 31.5. The van der Waals surface area contributed by atoms with Gasteiger partial charge in [0.2, 0.25) is 7.37 Å². The number of carbonyl (C=O) groups excluding carboxylic acids is 2. The molecule has 8 heteroatoms. The number of halogens is 2. The van der Waals surface area contributed by atoms with Crippen molar-refractivity contribution in [1.29, 1.82) is 0 Å². The molecule has 1 heterocycles. The number of nitrogens with zero attached hydrogens (tertiary/aromatic N) is 1. The highest BCUT2D eigenvalue weighted by Gasteiger charge is 2.41. The van der Waals surface area contributed by atoms with E-state index in [9.17, 15) is 18.5 Å². The molecule has 0 aromatic heterocycles. The number of imide groups is 1. The standard InChI is InChI=1S/C16H16ClFNO4P/c1-24(2,22)23-14-8-13(12(18)7-11(14)17)19-15(20)9-5-3-4-6-10(9)16(19)21/h7-8H,3-6H2,1-2H3. The zero-order valence-electron chi connectivity index (χ0n) is 13.3. The van der Waals surface area contributed by atoms with Gasteiger partial charge in [0.05, 0.1) is 10.7 Å². The van der Waals surface area contributed by atoms with Crippen LogP contribution in [0, 0.1) is 5.82 Å². The quantitative estimate of drug-likeness (QED) is 0.591. The summed E-state index contributed by atoms with van der Waals surface area (Å²) in [6, 6.07) is 2.12. The molecule has 24 heavy (non-hydrogen) atoms. The van der Waals surface area contributed by atoms with E-state index in [1.54, 1.807) is 0 Å². The van der Waals surface area contributed by atoms with Gasteiger partial charge in [0, 0.05) is 30.5 Å². The predicted octanol–water partition coefficient (Wildman–Crippen LogP) is 4.14. The lowest BCUT2D eigenvalue weighted by molar-refractivity contribution is -0.120. The van der Waals surface area contributed by atoms with Crippen molar-refractivity contribution in [2.24, 2.45) is 0 Å².